The first-order valence-electron chi connectivity index (χ1n) is 10.7. The van der Waals surface area contributed by atoms with Gasteiger partial charge >= 0.3 is 0 Å². The van der Waals surface area contributed by atoms with Gasteiger partial charge in [-0.15, -0.1) is 12.4 Å². The quantitative estimate of drug-likeness (QED) is 0.727. The van der Waals surface area contributed by atoms with E-state index in [1.165, 1.54) is 24.8 Å². The van der Waals surface area contributed by atoms with E-state index in [-0.39, 0.29) is 23.2 Å². The molecule has 0 aromatic heterocycles. The molecule has 3 aliphatic rings. The monoisotopic (exact) mass is 406 g/mol. The second kappa shape index (κ2) is 9.15. The molecule has 3 atom stereocenters. The molecule has 2 saturated carbocycles. The Balaban J connectivity index is 0.00000225. The number of piperidine rings is 1. The predicted octanol–water partition coefficient (Wildman–Crippen LogP) is 3.59. The van der Waals surface area contributed by atoms with Crippen molar-refractivity contribution in [2.45, 2.75) is 44.9 Å². The zero-order valence-corrected chi connectivity index (χ0v) is 17.9. The molecule has 0 spiro atoms. The number of nitrogens with one attached hydrogen (secondary N) is 2. The van der Waals surface area contributed by atoms with Crippen LogP contribution in [-0.2, 0) is 16.0 Å². The fourth-order valence-electron chi connectivity index (χ4n) is 6.06. The van der Waals surface area contributed by atoms with Gasteiger partial charge in [0, 0.05) is 19.1 Å². The van der Waals surface area contributed by atoms with Crippen molar-refractivity contribution in [3.63, 3.8) is 0 Å². The number of benzene rings is 1. The summed E-state index contributed by atoms with van der Waals surface area (Å²) >= 11 is 0. The van der Waals surface area contributed by atoms with Crippen LogP contribution in [0.3, 0.4) is 0 Å². The number of carbonyl (C=O) groups is 1. The normalized spacial score (nSPS) is 30.6. The minimum Gasteiger partial charge on any atom is -0.384 e. The van der Waals surface area contributed by atoms with Crippen LogP contribution in [0.2, 0.25) is 0 Å². The third-order valence-corrected chi connectivity index (χ3v) is 7.53. The molecule has 4 nitrogen and oxygen atoms in total. The molecule has 2 aliphatic carbocycles. The standard InChI is InChI=1S/C23H34N2O2.ClH/c1-27-17-22(9-11-24-12-10-22)16-25-21(26)23(14-18-5-3-2-4-6-18)15-19-7-8-20(23)13-19;/h2-6,19-20,24H,7-17H2,1H3,(H,25,26);1H. The second-order valence-electron chi connectivity index (χ2n) is 9.26. The van der Waals surface area contributed by atoms with Gasteiger partial charge in [0.2, 0.25) is 5.91 Å². The minimum absolute atomic E-state index is 0. The summed E-state index contributed by atoms with van der Waals surface area (Å²) in [4.78, 5) is 13.6. The lowest BCUT2D eigenvalue weighted by molar-refractivity contribution is -0.135. The number of hydrogen-bond donors (Lipinski definition) is 2. The Morgan fingerprint density at radius 3 is 2.57 bits per heavy atom. The van der Waals surface area contributed by atoms with Crippen molar-refractivity contribution in [3.8, 4) is 0 Å². The summed E-state index contributed by atoms with van der Waals surface area (Å²) in [6, 6.07) is 10.6. The van der Waals surface area contributed by atoms with Gasteiger partial charge in [0.1, 0.15) is 0 Å². The zero-order valence-electron chi connectivity index (χ0n) is 17.0. The number of methoxy groups -OCH3 is 1. The van der Waals surface area contributed by atoms with Crippen LogP contribution < -0.4 is 10.6 Å². The number of halogens is 1. The van der Waals surface area contributed by atoms with Gasteiger partial charge in [-0.05, 0) is 69.0 Å². The third kappa shape index (κ3) is 4.24. The van der Waals surface area contributed by atoms with Gasteiger partial charge < -0.3 is 15.4 Å². The van der Waals surface area contributed by atoms with Crippen molar-refractivity contribution in [1.29, 1.82) is 0 Å². The van der Waals surface area contributed by atoms with Crippen LogP contribution in [0.1, 0.15) is 44.1 Å². The van der Waals surface area contributed by atoms with E-state index < -0.39 is 0 Å². The van der Waals surface area contributed by atoms with Crippen molar-refractivity contribution in [3.05, 3.63) is 35.9 Å². The van der Waals surface area contributed by atoms with Crippen molar-refractivity contribution in [2.75, 3.05) is 33.4 Å². The lowest BCUT2D eigenvalue weighted by Gasteiger charge is -2.40. The Hall–Kier alpha value is -1.10. The maximum Gasteiger partial charge on any atom is 0.226 e. The summed E-state index contributed by atoms with van der Waals surface area (Å²) in [6.07, 6.45) is 7.87. The van der Waals surface area contributed by atoms with Gasteiger partial charge in [0.05, 0.1) is 12.0 Å². The van der Waals surface area contributed by atoms with Crippen LogP contribution in [0.5, 0.6) is 0 Å². The summed E-state index contributed by atoms with van der Waals surface area (Å²) < 4.78 is 5.53. The molecular formula is C23H35ClN2O2. The number of amides is 1. The maximum atomic E-state index is 13.6. The van der Waals surface area contributed by atoms with E-state index in [4.69, 9.17) is 4.74 Å². The smallest absolute Gasteiger partial charge is 0.226 e. The van der Waals surface area contributed by atoms with Gasteiger partial charge in [0.15, 0.2) is 0 Å². The van der Waals surface area contributed by atoms with Crippen LogP contribution in [0.4, 0.5) is 0 Å². The highest BCUT2D eigenvalue weighted by atomic mass is 35.5. The average Bonchev–Trinajstić information content (AvgIpc) is 3.30. The molecule has 2 N–H and O–H groups in total. The summed E-state index contributed by atoms with van der Waals surface area (Å²) in [5.41, 5.74) is 1.18. The van der Waals surface area contributed by atoms with Gasteiger partial charge in [0.25, 0.3) is 0 Å². The topological polar surface area (TPSA) is 50.4 Å². The molecule has 5 heteroatoms. The van der Waals surface area contributed by atoms with Crippen LogP contribution in [0, 0.1) is 22.7 Å². The van der Waals surface area contributed by atoms with E-state index in [0.717, 1.165) is 57.8 Å². The summed E-state index contributed by atoms with van der Waals surface area (Å²) in [5.74, 6) is 1.60. The highest BCUT2D eigenvalue weighted by molar-refractivity contribution is 5.85. The minimum atomic E-state index is -0.203. The van der Waals surface area contributed by atoms with Crippen molar-refractivity contribution >= 4 is 18.3 Å². The Bertz CT molecular complexity index is 642. The summed E-state index contributed by atoms with van der Waals surface area (Å²) in [5, 5.41) is 6.85. The van der Waals surface area contributed by atoms with E-state index in [2.05, 4.69) is 41.0 Å². The largest absolute Gasteiger partial charge is 0.384 e. The molecule has 1 aromatic rings. The van der Waals surface area contributed by atoms with Crippen LogP contribution in [0.15, 0.2) is 30.3 Å². The third-order valence-electron chi connectivity index (χ3n) is 7.53. The molecule has 1 saturated heterocycles. The number of rotatable bonds is 7. The Morgan fingerprint density at radius 1 is 1.21 bits per heavy atom. The van der Waals surface area contributed by atoms with E-state index in [0.29, 0.717) is 11.8 Å². The first-order chi connectivity index (χ1) is 13.2. The SMILES string of the molecule is COCC1(CNC(=O)C2(Cc3ccccc3)CC3CCC2C3)CCNCC1.Cl. The first-order valence-corrected chi connectivity index (χ1v) is 10.7. The Morgan fingerprint density at radius 2 is 1.96 bits per heavy atom. The van der Waals surface area contributed by atoms with E-state index in [1.807, 2.05) is 0 Å². The van der Waals surface area contributed by atoms with Crippen molar-refractivity contribution < 1.29 is 9.53 Å². The molecule has 1 aromatic carbocycles. The van der Waals surface area contributed by atoms with E-state index in [9.17, 15) is 4.79 Å². The molecule has 2 bridgehead atoms. The van der Waals surface area contributed by atoms with Crippen molar-refractivity contribution in [1.82, 2.24) is 10.6 Å². The van der Waals surface area contributed by atoms with Gasteiger partial charge in [-0.3, -0.25) is 4.79 Å². The molecule has 156 valence electrons. The Kier molecular flexibility index (Phi) is 7.06. The number of ether oxygens (including phenoxy) is 1. The lowest BCUT2D eigenvalue weighted by Crippen LogP contribution is -2.52. The van der Waals surface area contributed by atoms with Gasteiger partial charge in [-0.2, -0.15) is 0 Å². The fraction of sp³-hybridized carbons (Fsp3) is 0.696. The van der Waals surface area contributed by atoms with E-state index in [1.54, 1.807) is 7.11 Å². The highest BCUT2D eigenvalue weighted by Crippen LogP contribution is 2.57. The molecule has 3 unspecified atom stereocenters. The predicted molar refractivity (Wildman–Crippen MR) is 115 cm³/mol. The molecule has 28 heavy (non-hydrogen) atoms. The molecule has 1 heterocycles. The molecule has 3 fully saturated rings. The molecule has 1 aliphatic heterocycles. The zero-order chi connectivity index (χ0) is 18.7. The molecule has 4 rings (SSSR count). The van der Waals surface area contributed by atoms with Gasteiger partial charge in [-0.25, -0.2) is 0 Å². The molecular weight excluding hydrogens is 372 g/mol. The first kappa shape index (κ1) is 21.6. The van der Waals surface area contributed by atoms with Crippen LogP contribution in [-0.4, -0.2) is 39.3 Å². The molecule has 0 radical (unpaired) electrons. The van der Waals surface area contributed by atoms with E-state index >= 15 is 0 Å². The summed E-state index contributed by atoms with van der Waals surface area (Å²) in [7, 11) is 1.78. The van der Waals surface area contributed by atoms with Gasteiger partial charge in [-0.1, -0.05) is 36.8 Å². The number of fused-ring (bicyclic) bond motifs is 2. The Labute approximate surface area is 175 Å². The fourth-order valence-corrected chi connectivity index (χ4v) is 6.06. The van der Waals surface area contributed by atoms with Crippen molar-refractivity contribution in [2.24, 2.45) is 22.7 Å². The average molecular weight is 407 g/mol. The maximum absolute atomic E-state index is 13.6. The highest BCUT2D eigenvalue weighted by Gasteiger charge is 2.55. The number of carbonyl (C=O) groups excluding carboxylic acids is 1. The second-order valence-corrected chi connectivity index (χ2v) is 9.26. The van der Waals surface area contributed by atoms with Crippen LogP contribution >= 0.6 is 12.4 Å². The lowest BCUT2D eigenvalue weighted by atomic mass is 9.68. The van der Waals surface area contributed by atoms with Crippen LogP contribution in [0.25, 0.3) is 0 Å². The molecule has 1 amide bonds. The number of hydrogen-bond acceptors (Lipinski definition) is 3. The summed E-state index contributed by atoms with van der Waals surface area (Å²) in [6.45, 7) is 3.50.